The first-order valence-corrected chi connectivity index (χ1v) is 11.0. The van der Waals surface area contributed by atoms with E-state index in [1.165, 1.54) is 44.9 Å². The minimum absolute atomic E-state index is 0. The molecule has 0 heterocycles. The van der Waals surface area contributed by atoms with Gasteiger partial charge in [-0.3, -0.25) is 5.32 Å². The Morgan fingerprint density at radius 2 is 1.76 bits per heavy atom. The third-order valence-electron chi connectivity index (χ3n) is 6.32. The summed E-state index contributed by atoms with van der Waals surface area (Å²) < 4.78 is 11.9. The van der Waals surface area contributed by atoms with Gasteiger partial charge in [-0.1, -0.05) is 38.3 Å². The number of carbonyl (C=O) groups is 1. The highest BCUT2D eigenvalue weighted by molar-refractivity contribution is 5.86. The molecule has 4 rings (SSSR count). The van der Waals surface area contributed by atoms with E-state index in [1.54, 1.807) is 0 Å². The molecule has 6 heteroatoms. The zero-order chi connectivity index (χ0) is 19.9. The van der Waals surface area contributed by atoms with Crippen molar-refractivity contribution in [2.45, 2.75) is 70.4 Å². The zero-order valence-corrected chi connectivity index (χ0v) is 18.9. The molecule has 1 aromatic carbocycles. The molecule has 0 aromatic heterocycles. The number of hydrogen-bond acceptors (Lipinski definition) is 4. The highest BCUT2D eigenvalue weighted by Crippen LogP contribution is 2.44. The zero-order valence-electron chi connectivity index (χ0n) is 18.1. The first kappa shape index (κ1) is 23.8. The van der Waals surface area contributed by atoms with E-state index >= 15 is 0 Å². The first-order chi connectivity index (χ1) is 13.6. The van der Waals surface area contributed by atoms with Crippen LogP contribution >= 0.6 is 12.4 Å². The number of unbranched alkanes of at least 4 members (excludes halogenated alkanes) is 3. The molecule has 164 valence electrons. The van der Waals surface area contributed by atoms with Gasteiger partial charge in [0.15, 0.2) is 0 Å². The second-order valence-corrected chi connectivity index (χ2v) is 8.53. The summed E-state index contributed by atoms with van der Waals surface area (Å²) in [4.78, 5) is 14.9. The summed E-state index contributed by atoms with van der Waals surface area (Å²) in [5, 5.41) is 2.92. The maximum atomic E-state index is 12.7. The fourth-order valence-corrected chi connectivity index (χ4v) is 4.91. The van der Waals surface area contributed by atoms with Gasteiger partial charge in [-0.15, -0.1) is 12.4 Å². The van der Waals surface area contributed by atoms with Gasteiger partial charge in [0, 0.05) is 6.04 Å². The van der Waals surface area contributed by atoms with Gasteiger partial charge in [-0.25, -0.2) is 4.79 Å². The van der Waals surface area contributed by atoms with Gasteiger partial charge in [0.05, 0.1) is 12.3 Å². The van der Waals surface area contributed by atoms with Crippen LogP contribution in [-0.4, -0.2) is 43.8 Å². The average molecular weight is 425 g/mol. The van der Waals surface area contributed by atoms with Gasteiger partial charge >= 0.3 is 6.09 Å². The Morgan fingerprint density at radius 3 is 2.45 bits per heavy atom. The number of anilines is 1. The summed E-state index contributed by atoms with van der Waals surface area (Å²) in [6, 6.07) is 7.94. The Bertz CT molecular complexity index is 632. The number of benzene rings is 1. The lowest BCUT2D eigenvalue weighted by molar-refractivity contribution is -0.0703. The van der Waals surface area contributed by atoms with E-state index in [4.69, 9.17) is 9.47 Å². The molecule has 1 N–H and O–H groups in total. The van der Waals surface area contributed by atoms with Crippen molar-refractivity contribution in [2.75, 3.05) is 26.0 Å². The quantitative estimate of drug-likeness (QED) is 0.514. The Morgan fingerprint density at radius 1 is 1.07 bits per heavy atom. The minimum atomic E-state index is -0.369. The van der Waals surface area contributed by atoms with Crippen molar-refractivity contribution in [3.63, 3.8) is 0 Å². The molecule has 5 nitrogen and oxygen atoms in total. The van der Waals surface area contributed by atoms with Crippen LogP contribution in [0.5, 0.6) is 5.75 Å². The van der Waals surface area contributed by atoms with Crippen LogP contribution in [0.3, 0.4) is 0 Å². The van der Waals surface area contributed by atoms with Crippen molar-refractivity contribution in [2.24, 2.45) is 11.8 Å². The number of para-hydroxylation sites is 2. The van der Waals surface area contributed by atoms with Crippen LogP contribution < -0.4 is 10.1 Å². The van der Waals surface area contributed by atoms with Gasteiger partial charge in [0.25, 0.3) is 0 Å². The highest BCUT2D eigenvalue weighted by Gasteiger charge is 2.46. The molecule has 2 bridgehead atoms. The Kier molecular flexibility index (Phi) is 9.57. The number of hydrogen-bond donors (Lipinski definition) is 1. The lowest BCUT2D eigenvalue weighted by Gasteiger charge is -2.50. The molecule has 1 aromatic rings. The maximum Gasteiger partial charge on any atom is 0.412 e. The van der Waals surface area contributed by atoms with E-state index in [2.05, 4.69) is 31.2 Å². The van der Waals surface area contributed by atoms with Crippen molar-refractivity contribution < 1.29 is 14.3 Å². The fourth-order valence-electron chi connectivity index (χ4n) is 4.91. The first-order valence-electron chi connectivity index (χ1n) is 11.0. The van der Waals surface area contributed by atoms with E-state index in [1.807, 2.05) is 24.3 Å². The molecule has 0 saturated heterocycles. The summed E-state index contributed by atoms with van der Waals surface area (Å²) >= 11 is 0. The second-order valence-electron chi connectivity index (χ2n) is 8.53. The lowest BCUT2D eigenvalue weighted by Crippen LogP contribution is -2.56. The molecule has 0 spiro atoms. The number of fused-ring (bicyclic) bond motifs is 3. The van der Waals surface area contributed by atoms with Gasteiger partial charge in [-0.05, 0) is 70.2 Å². The number of halogens is 1. The minimum Gasteiger partial charge on any atom is -0.491 e. The molecule has 3 aliphatic carbocycles. The maximum absolute atomic E-state index is 12.7. The van der Waals surface area contributed by atoms with Crippen LogP contribution in [0.25, 0.3) is 0 Å². The largest absolute Gasteiger partial charge is 0.491 e. The van der Waals surface area contributed by atoms with Crippen LogP contribution in [-0.2, 0) is 4.74 Å². The van der Waals surface area contributed by atoms with Crippen molar-refractivity contribution >= 4 is 24.2 Å². The van der Waals surface area contributed by atoms with E-state index in [0.717, 1.165) is 6.42 Å². The molecule has 1 amide bonds. The highest BCUT2D eigenvalue weighted by atomic mass is 35.5. The molecule has 3 saturated carbocycles. The van der Waals surface area contributed by atoms with Crippen LogP contribution in [0.1, 0.15) is 58.3 Å². The molecule has 0 aliphatic heterocycles. The molecule has 3 fully saturated rings. The number of nitrogens with one attached hydrogen (secondary N) is 1. The smallest absolute Gasteiger partial charge is 0.412 e. The number of rotatable bonds is 9. The average Bonchev–Trinajstić information content (AvgIpc) is 2.69. The molecule has 2 atom stereocenters. The van der Waals surface area contributed by atoms with Crippen LogP contribution in [0.4, 0.5) is 10.5 Å². The fraction of sp³-hybridized carbons (Fsp3) is 0.696. The van der Waals surface area contributed by atoms with Gasteiger partial charge in [-0.2, -0.15) is 0 Å². The van der Waals surface area contributed by atoms with E-state index in [-0.39, 0.29) is 24.6 Å². The number of likely N-dealkylation sites (N-methyl/N-ethyl adjacent to an activating group) is 1. The van der Waals surface area contributed by atoms with Crippen molar-refractivity contribution in [1.29, 1.82) is 0 Å². The normalized spacial score (nSPS) is 25.4. The summed E-state index contributed by atoms with van der Waals surface area (Å²) in [6.45, 7) is 2.87. The second kappa shape index (κ2) is 11.7. The summed E-state index contributed by atoms with van der Waals surface area (Å²) in [5.41, 5.74) is 0.686. The van der Waals surface area contributed by atoms with Gasteiger partial charge in [0.1, 0.15) is 11.9 Å². The molecular formula is C23H37ClN2O3. The number of carbonyl (C=O) groups excluding carboxylic acids is 1. The van der Waals surface area contributed by atoms with Crippen LogP contribution in [0.2, 0.25) is 0 Å². The predicted octanol–water partition coefficient (Wildman–Crippen LogP) is 5.73. The predicted molar refractivity (Wildman–Crippen MR) is 120 cm³/mol. The molecular weight excluding hydrogens is 388 g/mol. The number of ether oxygens (including phenoxy) is 2. The van der Waals surface area contributed by atoms with E-state index in [9.17, 15) is 4.79 Å². The van der Waals surface area contributed by atoms with E-state index < -0.39 is 0 Å². The Labute approximate surface area is 181 Å². The van der Waals surface area contributed by atoms with Crippen molar-refractivity contribution in [3.05, 3.63) is 24.3 Å². The Hall–Kier alpha value is -1.46. The monoisotopic (exact) mass is 424 g/mol. The van der Waals surface area contributed by atoms with Crippen LogP contribution in [0.15, 0.2) is 24.3 Å². The number of amides is 1. The summed E-state index contributed by atoms with van der Waals surface area (Å²) in [6.07, 6.45) is 9.10. The van der Waals surface area contributed by atoms with Crippen molar-refractivity contribution in [1.82, 2.24) is 4.90 Å². The third kappa shape index (κ3) is 6.26. The van der Waals surface area contributed by atoms with E-state index in [0.29, 0.717) is 35.9 Å². The van der Waals surface area contributed by atoms with Gasteiger partial charge in [0.2, 0.25) is 0 Å². The molecule has 29 heavy (non-hydrogen) atoms. The SMILES string of the molecule is CCCCCCOc1ccccc1NC(=O)O[C@H]1C2CCC(CC2)[C@@H]1N(C)C.Cl. The molecule has 0 unspecified atom stereocenters. The standard InChI is InChI=1S/C23H36N2O3.ClH/c1-4-5-6-9-16-27-20-11-8-7-10-19(20)24-23(26)28-22-18-14-12-17(13-15-18)21(22)25(2)3;/h7-8,10-11,17-18,21-22H,4-6,9,12-16H2,1-3H3,(H,24,26);1H/t17?,18?,21-,22-;/m0./s1. The molecule has 0 radical (unpaired) electrons. The van der Waals surface area contributed by atoms with Gasteiger partial charge < -0.3 is 14.4 Å². The van der Waals surface area contributed by atoms with Crippen molar-refractivity contribution in [3.8, 4) is 5.75 Å². The molecule has 3 aliphatic rings. The number of nitrogens with zero attached hydrogens (tertiary/aromatic N) is 1. The Balaban J connectivity index is 0.00000300. The van der Waals surface area contributed by atoms with Crippen LogP contribution in [0, 0.1) is 11.8 Å². The third-order valence-corrected chi connectivity index (χ3v) is 6.32. The summed E-state index contributed by atoms with van der Waals surface area (Å²) in [5.74, 6) is 1.83. The topological polar surface area (TPSA) is 50.8 Å². The summed E-state index contributed by atoms with van der Waals surface area (Å²) in [7, 11) is 4.20. The lowest BCUT2D eigenvalue weighted by atomic mass is 9.65.